The van der Waals surface area contributed by atoms with E-state index in [1.165, 1.54) is 33.8 Å². The van der Waals surface area contributed by atoms with Gasteiger partial charge in [0.25, 0.3) is 5.91 Å². The molecule has 2 aromatic carbocycles. The Bertz CT molecular complexity index is 1260. The van der Waals surface area contributed by atoms with Crippen LogP contribution in [0.5, 0.6) is 5.88 Å². The summed E-state index contributed by atoms with van der Waals surface area (Å²) in [4.78, 5) is 25.9. The Kier molecular flexibility index (Phi) is 9.84. The molecule has 3 N–H and O–H groups in total. The highest BCUT2D eigenvalue weighted by molar-refractivity contribution is 6.30. The first-order valence-electron chi connectivity index (χ1n) is 12.1. The molecule has 1 amide bonds. The molecule has 1 aromatic heterocycles. The van der Waals surface area contributed by atoms with Crippen molar-refractivity contribution in [3.05, 3.63) is 76.2 Å². The summed E-state index contributed by atoms with van der Waals surface area (Å²) in [6.07, 6.45) is -3.18. The van der Waals surface area contributed by atoms with Crippen molar-refractivity contribution in [3.8, 4) is 11.6 Å². The van der Waals surface area contributed by atoms with E-state index < -0.39 is 30.4 Å². The molecule has 0 aliphatic heterocycles. The number of aliphatic carboxylic acids is 1. The fourth-order valence-corrected chi connectivity index (χ4v) is 4.21. The van der Waals surface area contributed by atoms with Gasteiger partial charge in [-0.15, -0.1) is 0 Å². The molecule has 1 heterocycles. The van der Waals surface area contributed by atoms with E-state index in [-0.39, 0.29) is 43.0 Å². The van der Waals surface area contributed by atoms with Gasteiger partial charge in [-0.25, -0.2) is 9.07 Å². The quantitative estimate of drug-likeness (QED) is 0.313. The van der Waals surface area contributed by atoms with Crippen molar-refractivity contribution in [3.63, 3.8) is 0 Å². The molecule has 0 saturated carbocycles. The highest BCUT2D eigenvalue weighted by atomic mass is 35.5. The van der Waals surface area contributed by atoms with Gasteiger partial charge >= 0.3 is 5.97 Å². The van der Waals surface area contributed by atoms with Gasteiger partial charge in [0.2, 0.25) is 5.88 Å². The van der Waals surface area contributed by atoms with Crippen LogP contribution >= 0.6 is 11.6 Å². The summed E-state index contributed by atoms with van der Waals surface area (Å²) < 4.78 is 20.9. The Labute approximate surface area is 225 Å². The molecule has 2 atom stereocenters. The second kappa shape index (κ2) is 12.9. The highest BCUT2D eigenvalue weighted by Crippen LogP contribution is 2.34. The lowest BCUT2D eigenvalue weighted by Gasteiger charge is -2.19. The number of halogens is 2. The van der Waals surface area contributed by atoms with Gasteiger partial charge in [-0.3, -0.25) is 9.59 Å². The molecular formula is C27H31ClFN3O6. The normalized spacial score (nSPS) is 12.8. The van der Waals surface area contributed by atoms with Gasteiger partial charge < -0.3 is 25.0 Å². The number of benzene rings is 2. The molecule has 0 bridgehead atoms. The highest BCUT2D eigenvalue weighted by Gasteiger charge is 2.29. The van der Waals surface area contributed by atoms with Gasteiger partial charge in [0.1, 0.15) is 12.4 Å². The van der Waals surface area contributed by atoms with Gasteiger partial charge in [0.05, 0.1) is 24.3 Å². The van der Waals surface area contributed by atoms with Crippen molar-refractivity contribution >= 4 is 23.5 Å². The van der Waals surface area contributed by atoms with Crippen LogP contribution < -0.4 is 4.74 Å². The lowest BCUT2D eigenvalue weighted by atomic mass is 10.0. The maximum Gasteiger partial charge on any atom is 0.305 e. The van der Waals surface area contributed by atoms with Gasteiger partial charge in [-0.2, -0.15) is 5.10 Å². The van der Waals surface area contributed by atoms with Crippen molar-refractivity contribution in [1.29, 1.82) is 0 Å². The molecule has 38 heavy (non-hydrogen) atoms. The lowest BCUT2D eigenvalue weighted by molar-refractivity contribution is -0.139. The lowest BCUT2D eigenvalue weighted by Crippen LogP contribution is -2.28. The predicted molar refractivity (Wildman–Crippen MR) is 139 cm³/mol. The fraction of sp³-hybridized carbons (Fsp3) is 0.370. The maximum absolute atomic E-state index is 13.6. The third-order valence-corrected chi connectivity index (χ3v) is 5.99. The summed E-state index contributed by atoms with van der Waals surface area (Å²) >= 11 is 6.08. The number of aliphatic hydroxyl groups is 2. The Hall–Kier alpha value is -3.47. The van der Waals surface area contributed by atoms with Crippen molar-refractivity contribution in [2.75, 3.05) is 13.7 Å². The summed E-state index contributed by atoms with van der Waals surface area (Å²) in [5.41, 5.74) is 1.87. The molecule has 204 valence electrons. The Morgan fingerprint density at radius 1 is 1.13 bits per heavy atom. The minimum absolute atomic E-state index is 0.129. The zero-order valence-electron chi connectivity index (χ0n) is 21.3. The van der Waals surface area contributed by atoms with Gasteiger partial charge in [-0.05, 0) is 47.9 Å². The van der Waals surface area contributed by atoms with E-state index in [4.69, 9.17) is 21.4 Å². The second-order valence-corrected chi connectivity index (χ2v) is 9.79. The van der Waals surface area contributed by atoms with Crippen LogP contribution in [0.25, 0.3) is 5.69 Å². The molecule has 0 radical (unpaired) electrons. The molecule has 11 heteroatoms. The van der Waals surface area contributed by atoms with E-state index in [0.29, 0.717) is 16.3 Å². The summed E-state index contributed by atoms with van der Waals surface area (Å²) in [5, 5.41) is 34.1. The third-order valence-electron chi connectivity index (χ3n) is 5.75. The standard InChI is InChI=1S/C27H31ClFN3O6/c1-16(2)24-25(26(37)31(3)14-17-5-4-6-18(28)11-17)30-32(20-9-7-19(29)8-10-20)27(24)38-15-22(34)12-21(33)13-23(35)36/h4-11,16,21-22,33-34H,12-15H2,1-3H3,(H,35,36)/t21-,22+/m1/s1. The van der Waals surface area contributed by atoms with Crippen LogP contribution in [0.3, 0.4) is 0 Å². The van der Waals surface area contributed by atoms with E-state index in [1.54, 1.807) is 25.2 Å². The van der Waals surface area contributed by atoms with Gasteiger partial charge in [0.15, 0.2) is 5.69 Å². The first-order chi connectivity index (χ1) is 18.0. The molecule has 3 rings (SSSR count). The molecule has 0 fully saturated rings. The van der Waals surface area contributed by atoms with Crippen LogP contribution in [0, 0.1) is 5.82 Å². The van der Waals surface area contributed by atoms with Crippen molar-refractivity contribution < 1.29 is 34.0 Å². The number of carbonyl (C=O) groups excluding carboxylic acids is 1. The molecule has 0 unspecified atom stereocenters. The third kappa shape index (κ3) is 7.53. The zero-order valence-corrected chi connectivity index (χ0v) is 22.1. The molecular weight excluding hydrogens is 517 g/mol. The van der Waals surface area contributed by atoms with Crippen LogP contribution in [-0.2, 0) is 11.3 Å². The van der Waals surface area contributed by atoms with Crippen LogP contribution in [0.1, 0.15) is 54.2 Å². The summed E-state index contributed by atoms with van der Waals surface area (Å²) in [6.45, 7) is 3.70. The summed E-state index contributed by atoms with van der Waals surface area (Å²) in [7, 11) is 1.64. The summed E-state index contributed by atoms with van der Waals surface area (Å²) in [6, 6.07) is 12.6. The number of carboxylic acid groups (broad SMARTS) is 1. The van der Waals surface area contributed by atoms with E-state index in [9.17, 15) is 24.2 Å². The minimum Gasteiger partial charge on any atom is -0.481 e. The number of aliphatic hydroxyl groups excluding tert-OH is 2. The van der Waals surface area contributed by atoms with Crippen LogP contribution in [0.4, 0.5) is 4.39 Å². The average Bonchev–Trinajstić information content (AvgIpc) is 3.22. The van der Waals surface area contributed by atoms with Crippen LogP contribution in [-0.4, -0.2) is 67.7 Å². The number of hydrogen-bond acceptors (Lipinski definition) is 6. The molecule has 0 spiro atoms. The maximum atomic E-state index is 13.6. The van der Waals surface area contributed by atoms with Crippen molar-refractivity contribution in [2.45, 2.75) is 51.4 Å². The van der Waals surface area contributed by atoms with Crippen LogP contribution in [0.15, 0.2) is 48.5 Å². The number of rotatable bonds is 12. The summed E-state index contributed by atoms with van der Waals surface area (Å²) in [5.74, 6) is -2.07. The number of ether oxygens (including phenoxy) is 1. The van der Waals surface area contributed by atoms with Gasteiger partial charge in [0, 0.05) is 30.6 Å². The molecule has 3 aromatic rings. The number of carbonyl (C=O) groups is 2. The number of hydrogen-bond donors (Lipinski definition) is 3. The van der Waals surface area contributed by atoms with E-state index >= 15 is 0 Å². The Balaban J connectivity index is 1.95. The fourth-order valence-electron chi connectivity index (χ4n) is 3.99. The monoisotopic (exact) mass is 547 g/mol. The topological polar surface area (TPSA) is 125 Å². The Morgan fingerprint density at radius 2 is 1.82 bits per heavy atom. The average molecular weight is 548 g/mol. The molecule has 9 nitrogen and oxygen atoms in total. The zero-order chi connectivity index (χ0) is 28.0. The minimum atomic E-state index is -1.25. The largest absolute Gasteiger partial charge is 0.481 e. The Morgan fingerprint density at radius 3 is 2.42 bits per heavy atom. The number of carboxylic acids is 1. The number of amides is 1. The first kappa shape index (κ1) is 29.1. The molecule has 0 aliphatic rings. The second-order valence-electron chi connectivity index (χ2n) is 9.35. The van der Waals surface area contributed by atoms with Gasteiger partial charge in [-0.1, -0.05) is 37.6 Å². The number of aromatic nitrogens is 2. The van der Waals surface area contributed by atoms with E-state index in [1.807, 2.05) is 19.9 Å². The number of nitrogens with zero attached hydrogens (tertiary/aromatic N) is 3. The molecule has 0 saturated heterocycles. The van der Waals surface area contributed by atoms with Crippen molar-refractivity contribution in [1.82, 2.24) is 14.7 Å². The molecule has 0 aliphatic carbocycles. The van der Waals surface area contributed by atoms with Crippen molar-refractivity contribution in [2.24, 2.45) is 0 Å². The van der Waals surface area contributed by atoms with Crippen LogP contribution in [0.2, 0.25) is 5.02 Å². The van der Waals surface area contributed by atoms with E-state index in [2.05, 4.69) is 5.10 Å². The smallest absolute Gasteiger partial charge is 0.305 e. The SMILES string of the molecule is CC(C)c1c(C(=O)N(C)Cc2cccc(Cl)c2)nn(-c2ccc(F)cc2)c1OC[C@@H](O)C[C@@H](O)CC(=O)O. The van der Waals surface area contributed by atoms with E-state index in [0.717, 1.165) is 5.56 Å². The first-order valence-corrected chi connectivity index (χ1v) is 12.4. The predicted octanol–water partition coefficient (Wildman–Crippen LogP) is 4.03.